The molecule has 2 heterocycles. The number of carboxylic acid groups (broad SMARTS) is 1. The van der Waals surface area contributed by atoms with Crippen LogP contribution in [0, 0.1) is 0 Å². The summed E-state index contributed by atoms with van der Waals surface area (Å²) in [6.07, 6.45) is 5.43. The number of aliphatic carboxylic acids is 1. The molecule has 1 atom stereocenters. The number of fused-ring (bicyclic) bond motifs is 3. The highest BCUT2D eigenvalue weighted by Crippen LogP contribution is 2.33. The standard InChI is InChI=1S/C18H16N2O3S/c21-17-14-12-8-4-5-9-13(12)24-16(14)19-10-20(17)15(18(22)23)11-6-2-1-3-7-11/h1-3,6-7,10,15H,4-5,8-9H2,(H,22,23). The van der Waals surface area contributed by atoms with Crippen molar-refractivity contribution in [3.8, 4) is 0 Å². The summed E-state index contributed by atoms with van der Waals surface area (Å²) < 4.78 is 1.25. The van der Waals surface area contributed by atoms with Crippen molar-refractivity contribution in [3.05, 3.63) is 63.0 Å². The van der Waals surface area contributed by atoms with E-state index in [-0.39, 0.29) is 5.56 Å². The monoisotopic (exact) mass is 340 g/mol. The third-order valence-electron chi connectivity index (χ3n) is 4.53. The minimum atomic E-state index is -1.06. The molecule has 0 radical (unpaired) electrons. The van der Waals surface area contributed by atoms with Gasteiger partial charge in [0.25, 0.3) is 5.56 Å². The number of carbonyl (C=O) groups is 1. The minimum absolute atomic E-state index is 0.254. The Balaban J connectivity index is 1.94. The Morgan fingerprint density at radius 3 is 2.71 bits per heavy atom. The molecule has 0 bridgehead atoms. The van der Waals surface area contributed by atoms with E-state index in [2.05, 4.69) is 4.98 Å². The number of hydrogen-bond donors (Lipinski definition) is 1. The predicted octanol–water partition coefficient (Wildman–Crippen LogP) is 3.01. The fourth-order valence-corrected chi connectivity index (χ4v) is 4.62. The third-order valence-corrected chi connectivity index (χ3v) is 5.73. The summed E-state index contributed by atoms with van der Waals surface area (Å²) in [6, 6.07) is 7.75. The highest BCUT2D eigenvalue weighted by Gasteiger charge is 2.26. The first kappa shape index (κ1) is 15.1. The molecule has 0 amide bonds. The smallest absolute Gasteiger partial charge is 0.331 e. The van der Waals surface area contributed by atoms with Crippen molar-refractivity contribution in [3.63, 3.8) is 0 Å². The molecule has 1 aliphatic carbocycles. The van der Waals surface area contributed by atoms with Gasteiger partial charge in [0.1, 0.15) is 11.2 Å². The van der Waals surface area contributed by atoms with Crippen LogP contribution in [0.1, 0.15) is 34.9 Å². The van der Waals surface area contributed by atoms with Gasteiger partial charge in [0, 0.05) is 4.88 Å². The second kappa shape index (κ2) is 5.87. The lowest BCUT2D eigenvalue weighted by molar-refractivity contribution is -0.139. The minimum Gasteiger partial charge on any atom is -0.479 e. The summed E-state index contributed by atoms with van der Waals surface area (Å²) in [5, 5.41) is 10.3. The van der Waals surface area contributed by atoms with E-state index in [1.165, 1.54) is 15.8 Å². The van der Waals surface area contributed by atoms with Crippen LogP contribution in [0.25, 0.3) is 10.2 Å². The number of carboxylic acids is 1. The first-order valence-corrected chi connectivity index (χ1v) is 8.77. The number of aromatic nitrogens is 2. The Labute approximate surface area is 142 Å². The summed E-state index contributed by atoms with van der Waals surface area (Å²) in [4.78, 5) is 31.2. The van der Waals surface area contributed by atoms with Crippen molar-refractivity contribution in [2.24, 2.45) is 0 Å². The van der Waals surface area contributed by atoms with Gasteiger partial charge in [-0.15, -0.1) is 11.3 Å². The Bertz CT molecular complexity index is 975. The van der Waals surface area contributed by atoms with Crippen molar-refractivity contribution in [2.75, 3.05) is 0 Å². The van der Waals surface area contributed by atoms with E-state index >= 15 is 0 Å². The van der Waals surface area contributed by atoms with Gasteiger partial charge in [-0.25, -0.2) is 9.78 Å². The third kappa shape index (κ3) is 2.34. The Morgan fingerprint density at radius 2 is 1.96 bits per heavy atom. The normalized spacial score (nSPS) is 15.2. The van der Waals surface area contributed by atoms with E-state index in [1.807, 2.05) is 6.07 Å². The van der Waals surface area contributed by atoms with E-state index in [9.17, 15) is 14.7 Å². The average Bonchev–Trinajstić information content (AvgIpc) is 2.97. The molecule has 1 aromatic carbocycles. The molecule has 1 aliphatic rings. The summed E-state index contributed by atoms with van der Waals surface area (Å²) in [5.74, 6) is -1.06. The molecule has 4 rings (SSSR count). The first-order chi connectivity index (χ1) is 11.7. The fourth-order valence-electron chi connectivity index (χ4n) is 3.40. The van der Waals surface area contributed by atoms with Crippen LogP contribution in [0.4, 0.5) is 0 Å². The Kier molecular flexibility index (Phi) is 3.69. The van der Waals surface area contributed by atoms with Gasteiger partial charge < -0.3 is 5.11 Å². The highest BCUT2D eigenvalue weighted by atomic mass is 32.1. The quantitative estimate of drug-likeness (QED) is 0.795. The van der Waals surface area contributed by atoms with Crippen molar-refractivity contribution in [2.45, 2.75) is 31.7 Å². The topological polar surface area (TPSA) is 72.2 Å². The van der Waals surface area contributed by atoms with Gasteiger partial charge in [-0.05, 0) is 36.8 Å². The summed E-state index contributed by atoms with van der Waals surface area (Å²) in [5.41, 5.74) is 1.39. The summed E-state index contributed by atoms with van der Waals surface area (Å²) in [7, 11) is 0. The lowest BCUT2D eigenvalue weighted by Gasteiger charge is -2.16. The predicted molar refractivity (Wildman–Crippen MR) is 92.7 cm³/mol. The van der Waals surface area contributed by atoms with Gasteiger partial charge in [-0.3, -0.25) is 9.36 Å². The van der Waals surface area contributed by atoms with Crippen LogP contribution in [0.5, 0.6) is 0 Å². The highest BCUT2D eigenvalue weighted by molar-refractivity contribution is 7.18. The molecule has 2 aromatic heterocycles. The van der Waals surface area contributed by atoms with Crippen LogP contribution >= 0.6 is 11.3 Å². The Morgan fingerprint density at radius 1 is 1.21 bits per heavy atom. The molecule has 1 unspecified atom stereocenters. The lowest BCUT2D eigenvalue weighted by atomic mass is 9.97. The van der Waals surface area contributed by atoms with Gasteiger partial charge >= 0.3 is 5.97 Å². The van der Waals surface area contributed by atoms with Crippen LogP contribution in [0.3, 0.4) is 0 Å². The molecule has 24 heavy (non-hydrogen) atoms. The van der Waals surface area contributed by atoms with Gasteiger partial charge in [0.2, 0.25) is 0 Å². The number of aryl methyl sites for hydroxylation is 2. The van der Waals surface area contributed by atoms with Crippen LogP contribution in [-0.2, 0) is 17.6 Å². The Hall–Kier alpha value is -2.47. The van der Waals surface area contributed by atoms with Crippen molar-refractivity contribution >= 4 is 27.5 Å². The zero-order chi connectivity index (χ0) is 16.7. The van der Waals surface area contributed by atoms with Crippen molar-refractivity contribution < 1.29 is 9.90 Å². The van der Waals surface area contributed by atoms with Crippen LogP contribution in [0.15, 0.2) is 41.5 Å². The number of hydrogen-bond acceptors (Lipinski definition) is 4. The second-order valence-electron chi connectivity index (χ2n) is 6.00. The molecule has 1 N–H and O–H groups in total. The maximum atomic E-state index is 13.0. The molecule has 0 spiro atoms. The zero-order valence-electron chi connectivity index (χ0n) is 12.9. The van der Waals surface area contributed by atoms with Crippen LogP contribution in [0.2, 0.25) is 0 Å². The lowest BCUT2D eigenvalue weighted by Crippen LogP contribution is -2.31. The van der Waals surface area contributed by atoms with Gasteiger partial charge in [-0.1, -0.05) is 30.3 Å². The van der Waals surface area contributed by atoms with Crippen molar-refractivity contribution in [1.82, 2.24) is 9.55 Å². The van der Waals surface area contributed by atoms with Crippen LogP contribution < -0.4 is 5.56 Å². The molecule has 6 heteroatoms. The summed E-state index contributed by atoms with van der Waals surface area (Å²) >= 11 is 1.57. The fraction of sp³-hybridized carbons (Fsp3) is 0.278. The number of benzene rings is 1. The largest absolute Gasteiger partial charge is 0.479 e. The van der Waals surface area contributed by atoms with Gasteiger partial charge in [0.15, 0.2) is 6.04 Å². The molecule has 0 aliphatic heterocycles. The number of rotatable bonds is 3. The summed E-state index contributed by atoms with van der Waals surface area (Å²) in [6.45, 7) is 0. The maximum absolute atomic E-state index is 13.0. The SMILES string of the molecule is O=C(O)C(c1ccccc1)n1cnc2sc3c(c2c1=O)CCCC3. The molecule has 0 saturated carbocycles. The molecule has 0 saturated heterocycles. The van der Waals surface area contributed by atoms with E-state index < -0.39 is 12.0 Å². The van der Waals surface area contributed by atoms with Crippen molar-refractivity contribution in [1.29, 1.82) is 0 Å². The van der Waals surface area contributed by atoms with Gasteiger partial charge in [0.05, 0.1) is 5.39 Å². The maximum Gasteiger partial charge on any atom is 0.331 e. The van der Waals surface area contributed by atoms with E-state index in [1.54, 1.807) is 35.6 Å². The van der Waals surface area contributed by atoms with Gasteiger partial charge in [-0.2, -0.15) is 0 Å². The van der Waals surface area contributed by atoms with E-state index in [0.29, 0.717) is 10.9 Å². The average molecular weight is 340 g/mol. The van der Waals surface area contributed by atoms with E-state index in [0.717, 1.165) is 36.1 Å². The van der Waals surface area contributed by atoms with Crippen LogP contribution in [-0.4, -0.2) is 20.6 Å². The molecule has 0 fully saturated rings. The molecule has 3 aromatic rings. The number of nitrogens with zero attached hydrogens (tertiary/aromatic N) is 2. The van der Waals surface area contributed by atoms with E-state index in [4.69, 9.17) is 0 Å². The molecular formula is C18H16N2O3S. The molecule has 5 nitrogen and oxygen atoms in total. The first-order valence-electron chi connectivity index (χ1n) is 7.96. The molecule has 122 valence electrons. The second-order valence-corrected chi connectivity index (χ2v) is 7.08. The zero-order valence-corrected chi connectivity index (χ0v) is 13.8. The number of thiophene rings is 1. The molecular weight excluding hydrogens is 324 g/mol.